The van der Waals surface area contributed by atoms with Crippen LogP contribution >= 0.6 is 35.2 Å². The Kier molecular flexibility index (Phi) is 14.9. The number of rotatable bonds is 21. The van der Waals surface area contributed by atoms with Crippen molar-refractivity contribution in [1.82, 2.24) is 30.2 Å². The lowest BCUT2D eigenvalue weighted by Gasteiger charge is -2.30. The maximum Gasteiger partial charge on any atom is 0.481 e. The van der Waals surface area contributed by atoms with Gasteiger partial charge in [-0.1, -0.05) is 37.8 Å². The Labute approximate surface area is 317 Å². The number of hydrogen-bond acceptors (Lipinski definition) is 18. The molecule has 0 bridgehead atoms. The van der Waals surface area contributed by atoms with Crippen LogP contribution in [-0.4, -0.2) is 123 Å². The molecule has 308 valence electrons. The molecule has 10 N–H and O–H groups in total. The van der Waals surface area contributed by atoms with Gasteiger partial charge in [-0.05, 0) is 12.3 Å². The fourth-order valence-electron chi connectivity index (χ4n) is 5.03. The van der Waals surface area contributed by atoms with Crippen LogP contribution in [-0.2, 0) is 50.7 Å². The molecule has 2 fully saturated rings. The Balaban J connectivity index is 1.23. The summed E-state index contributed by atoms with van der Waals surface area (Å²) in [5.74, 6) is -0.834. The quantitative estimate of drug-likeness (QED) is 0.0439. The van der Waals surface area contributed by atoms with Gasteiger partial charge in [0.15, 0.2) is 22.8 Å². The maximum atomic E-state index is 12.7. The number of carbonyl (C=O) groups excluding carboxylic acids is 3. The first kappa shape index (κ1) is 45.0. The first-order chi connectivity index (χ1) is 25.5. The average Bonchev–Trinajstić information content (AvgIpc) is 3.45. The summed E-state index contributed by atoms with van der Waals surface area (Å²) in [6, 6.07) is 0. The van der Waals surface area contributed by atoms with Crippen LogP contribution in [0.1, 0.15) is 39.3 Å². The number of allylic oxidation sites excluding steroid dienone is 1. The minimum Gasteiger partial charge on any atom is -0.386 e. The molecule has 3 heterocycles. The van der Waals surface area contributed by atoms with Crippen LogP contribution in [0.4, 0.5) is 5.82 Å². The summed E-state index contributed by atoms with van der Waals surface area (Å²) >= 11 is 1.10. The van der Waals surface area contributed by atoms with E-state index < -0.39 is 84.6 Å². The topological polar surface area (TPSA) is 364 Å². The first-order valence-corrected chi connectivity index (χ1v) is 21.7. The Hall–Kier alpha value is -2.70. The summed E-state index contributed by atoms with van der Waals surface area (Å²) in [6.45, 7) is 4.32. The van der Waals surface area contributed by atoms with Gasteiger partial charge in [-0.2, -0.15) is 4.31 Å². The van der Waals surface area contributed by atoms with Crippen molar-refractivity contribution in [3.05, 3.63) is 24.8 Å². The van der Waals surface area contributed by atoms with E-state index in [-0.39, 0.29) is 47.5 Å². The van der Waals surface area contributed by atoms with Gasteiger partial charge in [0.1, 0.15) is 36.3 Å². The van der Waals surface area contributed by atoms with E-state index in [2.05, 4.69) is 41.0 Å². The van der Waals surface area contributed by atoms with Crippen molar-refractivity contribution in [3.63, 3.8) is 0 Å². The molecule has 55 heavy (non-hydrogen) atoms. The van der Waals surface area contributed by atoms with Gasteiger partial charge in [0.2, 0.25) is 11.8 Å². The monoisotopic (exact) mass is 861 g/mol. The second kappa shape index (κ2) is 18.3. The molecule has 4 unspecified atom stereocenters. The molecule has 2 amide bonds. The zero-order valence-corrected chi connectivity index (χ0v) is 32.8. The minimum atomic E-state index is -5.57. The van der Waals surface area contributed by atoms with Crippen LogP contribution in [0.3, 0.4) is 0 Å². The number of thioether (sulfide) groups is 1. The summed E-state index contributed by atoms with van der Waals surface area (Å²) in [5, 5.41) is 26.4. The summed E-state index contributed by atoms with van der Waals surface area (Å²) in [6.07, 6.45) is -5.63. The summed E-state index contributed by atoms with van der Waals surface area (Å²) in [4.78, 5) is 87.4. The van der Waals surface area contributed by atoms with Crippen molar-refractivity contribution in [3.8, 4) is 0 Å². The number of hydrogen-bond donors (Lipinski definition) is 9. The average molecular weight is 862 g/mol. The third-order valence-electron chi connectivity index (χ3n) is 8.10. The molecule has 28 heteroatoms. The van der Waals surface area contributed by atoms with Crippen molar-refractivity contribution in [2.24, 2.45) is 11.3 Å². The van der Waals surface area contributed by atoms with Crippen molar-refractivity contribution in [2.45, 2.75) is 63.8 Å². The highest BCUT2D eigenvalue weighted by atomic mass is 32.2. The number of phosphoric acid groups is 3. The molecule has 0 aromatic carbocycles. The van der Waals surface area contributed by atoms with Crippen LogP contribution in [0, 0.1) is 11.3 Å². The maximum absolute atomic E-state index is 12.7. The van der Waals surface area contributed by atoms with E-state index in [1.807, 2.05) is 0 Å². The second-order valence-corrected chi connectivity index (χ2v) is 18.4. The minimum absolute atomic E-state index is 0.00910. The van der Waals surface area contributed by atoms with Crippen molar-refractivity contribution >= 4 is 69.1 Å². The SMILES string of the molecule is C=C1CC1CC(=O)SCCNC(=O)CCNC(=O)[C@H](O)C(C)(C)COP(=O)(O)OP(=O)(O)OC[C@H]1OC(n2cnc3c(N)ncnc32)[C@H](O)[C@@H]1OP(=O)(O)O. The zero-order chi connectivity index (χ0) is 40.9. The number of fused-ring (bicyclic) bond motifs is 1. The number of amides is 2. The van der Waals surface area contributed by atoms with E-state index in [1.165, 1.54) is 13.8 Å². The highest BCUT2D eigenvalue weighted by Crippen LogP contribution is 2.61. The molecular formula is C27H42N7O17P3S. The molecule has 24 nitrogen and oxygen atoms in total. The third kappa shape index (κ3) is 13.2. The molecule has 1 aliphatic heterocycles. The van der Waals surface area contributed by atoms with Crippen LogP contribution in [0.25, 0.3) is 11.2 Å². The standard InChI is InChI=1S/C27H42N7O17P3S/c1-14-8-15(14)9-18(36)55-7-6-29-17(35)4-5-30-25(39)22(38)27(2,3)11-48-54(45,46)51-53(43,44)47-10-16-21(50-52(40,41)42)20(37)26(49-16)34-13-33-19-23(28)31-12-32-24(19)34/h12-13,15-16,20-22,26,37-38H,1,4-11H2,2-3H3,(H,29,35)(H,30,39)(H,43,44)(H,45,46)(H2,28,31,32)(H2,40,41,42)/t15?,16-,20-,21-,22+,26?/m1/s1. The molecule has 0 radical (unpaired) electrons. The van der Waals surface area contributed by atoms with Gasteiger partial charge in [-0.3, -0.25) is 32.5 Å². The van der Waals surface area contributed by atoms with E-state index in [9.17, 15) is 57.9 Å². The Morgan fingerprint density at radius 3 is 2.44 bits per heavy atom. The molecule has 1 aliphatic carbocycles. The Bertz CT molecular complexity index is 1900. The molecule has 8 atom stereocenters. The van der Waals surface area contributed by atoms with Gasteiger partial charge in [0.25, 0.3) is 0 Å². The largest absolute Gasteiger partial charge is 0.481 e. The number of nitrogens with zero attached hydrogens (tertiary/aromatic N) is 4. The van der Waals surface area contributed by atoms with Crippen molar-refractivity contribution in [2.75, 3.05) is 37.8 Å². The lowest BCUT2D eigenvalue weighted by molar-refractivity contribution is -0.137. The Morgan fingerprint density at radius 2 is 1.78 bits per heavy atom. The van der Waals surface area contributed by atoms with Gasteiger partial charge < -0.3 is 50.9 Å². The second-order valence-electron chi connectivity index (χ2n) is 13.1. The molecule has 2 aromatic heterocycles. The lowest BCUT2D eigenvalue weighted by atomic mass is 9.87. The number of imidazole rings is 1. The zero-order valence-electron chi connectivity index (χ0n) is 29.3. The van der Waals surface area contributed by atoms with Gasteiger partial charge in [-0.15, -0.1) is 0 Å². The van der Waals surface area contributed by atoms with E-state index in [1.54, 1.807) is 0 Å². The summed E-state index contributed by atoms with van der Waals surface area (Å²) < 4.78 is 62.0. The molecule has 2 aromatic rings. The number of aliphatic hydroxyl groups excluding tert-OH is 2. The molecule has 1 saturated heterocycles. The number of nitrogen functional groups attached to an aromatic ring is 1. The smallest absolute Gasteiger partial charge is 0.386 e. The fraction of sp³-hybridized carbons (Fsp3) is 0.630. The molecule has 0 spiro atoms. The van der Waals surface area contributed by atoms with E-state index in [4.69, 9.17) is 19.5 Å². The van der Waals surface area contributed by atoms with Gasteiger partial charge in [-0.25, -0.2) is 28.6 Å². The van der Waals surface area contributed by atoms with E-state index in [0.29, 0.717) is 12.2 Å². The number of phosphoric ester groups is 3. The summed E-state index contributed by atoms with van der Waals surface area (Å²) in [5.41, 5.74) is 5.32. The van der Waals surface area contributed by atoms with Crippen molar-refractivity contribution in [1.29, 1.82) is 0 Å². The molecular weight excluding hydrogens is 819 g/mol. The third-order valence-corrected chi connectivity index (χ3v) is 12.1. The van der Waals surface area contributed by atoms with Crippen molar-refractivity contribution < 1.29 is 80.5 Å². The predicted molar refractivity (Wildman–Crippen MR) is 189 cm³/mol. The molecule has 2 aliphatic rings. The Morgan fingerprint density at radius 1 is 1.11 bits per heavy atom. The predicted octanol–water partition coefficient (Wildman–Crippen LogP) is -0.369. The van der Waals surface area contributed by atoms with E-state index >= 15 is 0 Å². The summed E-state index contributed by atoms with van der Waals surface area (Å²) in [7, 11) is -16.4. The first-order valence-electron chi connectivity index (χ1n) is 16.2. The van der Waals surface area contributed by atoms with Gasteiger partial charge in [0, 0.05) is 37.1 Å². The molecule has 1 saturated carbocycles. The van der Waals surface area contributed by atoms with Crippen LogP contribution in [0.5, 0.6) is 0 Å². The number of aromatic nitrogens is 4. The number of nitrogens with two attached hydrogens (primary N) is 1. The number of anilines is 1. The van der Waals surface area contributed by atoms with E-state index in [0.717, 1.165) is 41.0 Å². The van der Waals surface area contributed by atoms with Crippen LogP contribution in [0.15, 0.2) is 24.8 Å². The normalized spacial score (nSPS) is 24.2. The van der Waals surface area contributed by atoms with Crippen LogP contribution < -0.4 is 16.4 Å². The number of ether oxygens (including phenoxy) is 1. The molecule has 4 rings (SSSR count). The van der Waals surface area contributed by atoms with Crippen LogP contribution in [0.2, 0.25) is 0 Å². The highest BCUT2D eigenvalue weighted by molar-refractivity contribution is 8.13. The number of aliphatic hydroxyl groups is 2. The highest BCUT2D eigenvalue weighted by Gasteiger charge is 2.50. The number of carbonyl (C=O) groups is 3. The van der Waals surface area contributed by atoms with Gasteiger partial charge in [0.05, 0.1) is 19.5 Å². The van der Waals surface area contributed by atoms with Gasteiger partial charge >= 0.3 is 23.5 Å². The lowest BCUT2D eigenvalue weighted by Crippen LogP contribution is -2.46. The number of nitrogens with one attached hydrogen (secondary N) is 2. The fourth-order valence-corrected chi connectivity index (χ4v) is 8.61.